The number of azo groups is 1. The number of nitrogens with zero attached hydrogens (tertiary/aromatic N) is 4. The van der Waals surface area contributed by atoms with Crippen molar-refractivity contribution in [3.63, 3.8) is 0 Å². The van der Waals surface area contributed by atoms with Gasteiger partial charge in [-0.3, -0.25) is 4.40 Å². The van der Waals surface area contributed by atoms with Gasteiger partial charge in [-0.05, 0) is 43.7 Å². The van der Waals surface area contributed by atoms with Crippen molar-refractivity contribution in [2.45, 2.75) is 13.8 Å². The summed E-state index contributed by atoms with van der Waals surface area (Å²) in [7, 11) is 0. The molecule has 3 aromatic rings. The standard InChI is InChI=1S/C15H12BrFN4/c1-9-3-5-12(7-13(9)16)19-20-15-10(2)18-14-6-4-11(17)8-21(14)15/h3-8H,1-2H3. The van der Waals surface area contributed by atoms with E-state index in [0.29, 0.717) is 17.2 Å². The molecule has 0 amide bonds. The van der Waals surface area contributed by atoms with Crippen LogP contribution in [0.25, 0.3) is 5.65 Å². The number of benzene rings is 1. The second-order valence-electron chi connectivity index (χ2n) is 4.73. The molecule has 0 unspecified atom stereocenters. The van der Waals surface area contributed by atoms with Crippen molar-refractivity contribution in [2.24, 2.45) is 10.2 Å². The summed E-state index contributed by atoms with van der Waals surface area (Å²) < 4.78 is 15.9. The topological polar surface area (TPSA) is 42.0 Å². The van der Waals surface area contributed by atoms with Gasteiger partial charge < -0.3 is 0 Å². The lowest BCUT2D eigenvalue weighted by Crippen LogP contribution is -1.85. The van der Waals surface area contributed by atoms with Gasteiger partial charge in [0.15, 0.2) is 5.82 Å². The molecule has 106 valence electrons. The van der Waals surface area contributed by atoms with Gasteiger partial charge in [-0.2, -0.15) is 0 Å². The highest BCUT2D eigenvalue weighted by Crippen LogP contribution is 2.26. The quantitative estimate of drug-likeness (QED) is 0.583. The van der Waals surface area contributed by atoms with Crippen molar-refractivity contribution in [2.75, 3.05) is 0 Å². The van der Waals surface area contributed by atoms with Crippen molar-refractivity contribution >= 4 is 33.1 Å². The van der Waals surface area contributed by atoms with E-state index in [-0.39, 0.29) is 5.82 Å². The molecule has 0 saturated carbocycles. The Balaban J connectivity index is 2.04. The zero-order valence-corrected chi connectivity index (χ0v) is 13.1. The van der Waals surface area contributed by atoms with E-state index in [4.69, 9.17) is 0 Å². The Hall–Kier alpha value is -2.08. The number of hydrogen-bond donors (Lipinski definition) is 0. The molecular formula is C15H12BrFN4. The van der Waals surface area contributed by atoms with Gasteiger partial charge in [-0.15, -0.1) is 10.2 Å². The van der Waals surface area contributed by atoms with E-state index in [1.807, 2.05) is 32.0 Å². The predicted octanol–water partition coefficient (Wildman–Crippen LogP) is 5.27. The monoisotopic (exact) mass is 346 g/mol. The maximum absolute atomic E-state index is 13.4. The van der Waals surface area contributed by atoms with Crippen LogP contribution in [0.1, 0.15) is 11.3 Å². The average Bonchev–Trinajstić information content (AvgIpc) is 2.75. The highest BCUT2D eigenvalue weighted by atomic mass is 79.9. The summed E-state index contributed by atoms with van der Waals surface area (Å²) in [6, 6.07) is 8.71. The number of fused-ring (bicyclic) bond motifs is 1. The Morgan fingerprint density at radius 2 is 1.95 bits per heavy atom. The van der Waals surface area contributed by atoms with Crippen LogP contribution in [0.5, 0.6) is 0 Å². The fourth-order valence-corrected chi connectivity index (χ4v) is 2.36. The van der Waals surface area contributed by atoms with Crippen molar-refractivity contribution < 1.29 is 4.39 Å². The molecular weight excluding hydrogens is 335 g/mol. The normalized spacial score (nSPS) is 11.6. The highest BCUT2D eigenvalue weighted by molar-refractivity contribution is 9.10. The van der Waals surface area contributed by atoms with Gasteiger partial charge in [0.1, 0.15) is 11.5 Å². The van der Waals surface area contributed by atoms with Gasteiger partial charge in [-0.1, -0.05) is 22.0 Å². The first kappa shape index (κ1) is 13.9. The molecule has 0 spiro atoms. The fourth-order valence-electron chi connectivity index (χ4n) is 1.99. The number of imidazole rings is 1. The van der Waals surface area contributed by atoms with Crippen LogP contribution in [0.3, 0.4) is 0 Å². The molecule has 3 rings (SSSR count). The molecule has 0 aliphatic carbocycles. The maximum Gasteiger partial charge on any atom is 0.182 e. The van der Waals surface area contributed by atoms with E-state index in [9.17, 15) is 4.39 Å². The zero-order valence-electron chi connectivity index (χ0n) is 11.5. The summed E-state index contributed by atoms with van der Waals surface area (Å²) in [4.78, 5) is 4.33. The number of hydrogen-bond acceptors (Lipinski definition) is 3. The molecule has 0 aliphatic heterocycles. The van der Waals surface area contributed by atoms with Crippen LogP contribution >= 0.6 is 15.9 Å². The molecule has 4 nitrogen and oxygen atoms in total. The molecule has 2 aromatic heterocycles. The summed E-state index contributed by atoms with van der Waals surface area (Å²) in [5.74, 6) is 0.190. The second kappa shape index (κ2) is 5.37. The molecule has 0 N–H and O–H groups in total. The first-order valence-corrected chi connectivity index (χ1v) is 7.16. The molecule has 0 bridgehead atoms. The molecule has 0 atom stereocenters. The molecule has 6 heteroatoms. The van der Waals surface area contributed by atoms with Crippen molar-refractivity contribution in [3.8, 4) is 0 Å². The number of halogens is 2. The number of aryl methyl sites for hydroxylation is 2. The largest absolute Gasteiger partial charge is 0.280 e. The summed E-state index contributed by atoms with van der Waals surface area (Å²) >= 11 is 3.46. The minimum atomic E-state index is -0.338. The van der Waals surface area contributed by atoms with Gasteiger partial charge in [0.25, 0.3) is 0 Å². The summed E-state index contributed by atoms with van der Waals surface area (Å²) in [5, 5.41) is 8.42. The smallest absolute Gasteiger partial charge is 0.182 e. The second-order valence-corrected chi connectivity index (χ2v) is 5.58. The Morgan fingerprint density at radius 3 is 2.71 bits per heavy atom. The summed E-state index contributed by atoms with van der Waals surface area (Å²) in [6.45, 7) is 3.83. The lowest BCUT2D eigenvalue weighted by Gasteiger charge is -1.99. The lowest BCUT2D eigenvalue weighted by molar-refractivity contribution is 0.619. The summed E-state index contributed by atoms with van der Waals surface area (Å²) in [5.41, 5.74) is 3.20. The van der Waals surface area contributed by atoms with E-state index in [0.717, 1.165) is 15.7 Å². The zero-order chi connectivity index (χ0) is 15.0. The molecule has 0 saturated heterocycles. The van der Waals surface area contributed by atoms with Crippen LogP contribution in [0.2, 0.25) is 0 Å². The molecule has 0 aliphatic rings. The van der Waals surface area contributed by atoms with Crippen molar-refractivity contribution in [3.05, 3.63) is 58.1 Å². The Bertz CT molecular complexity index is 854. The van der Waals surface area contributed by atoms with E-state index in [2.05, 4.69) is 31.1 Å². The first-order chi connectivity index (χ1) is 10.0. The van der Waals surface area contributed by atoms with Gasteiger partial charge in [0.05, 0.1) is 11.4 Å². The average molecular weight is 347 g/mol. The van der Waals surface area contributed by atoms with Crippen LogP contribution in [0, 0.1) is 19.7 Å². The minimum absolute atomic E-state index is 0.338. The van der Waals surface area contributed by atoms with Gasteiger partial charge in [0, 0.05) is 10.7 Å². The van der Waals surface area contributed by atoms with E-state index < -0.39 is 0 Å². The number of rotatable bonds is 2. The molecule has 0 radical (unpaired) electrons. The third kappa shape index (κ3) is 2.71. The number of aromatic nitrogens is 2. The van der Waals surface area contributed by atoms with Crippen molar-refractivity contribution in [1.82, 2.24) is 9.38 Å². The highest BCUT2D eigenvalue weighted by Gasteiger charge is 2.08. The number of pyridine rings is 1. The van der Waals surface area contributed by atoms with Gasteiger partial charge in [0.2, 0.25) is 0 Å². The fraction of sp³-hybridized carbons (Fsp3) is 0.133. The van der Waals surface area contributed by atoms with E-state index in [1.54, 1.807) is 10.5 Å². The van der Waals surface area contributed by atoms with E-state index >= 15 is 0 Å². The van der Waals surface area contributed by atoms with Crippen LogP contribution in [0.4, 0.5) is 15.9 Å². The van der Waals surface area contributed by atoms with E-state index in [1.165, 1.54) is 12.3 Å². The molecule has 21 heavy (non-hydrogen) atoms. The third-order valence-electron chi connectivity index (χ3n) is 3.14. The van der Waals surface area contributed by atoms with Gasteiger partial charge in [-0.25, -0.2) is 9.37 Å². The summed E-state index contributed by atoms with van der Waals surface area (Å²) in [6.07, 6.45) is 1.36. The maximum atomic E-state index is 13.4. The molecule has 1 aromatic carbocycles. The minimum Gasteiger partial charge on any atom is -0.280 e. The molecule has 0 fully saturated rings. The third-order valence-corrected chi connectivity index (χ3v) is 3.99. The first-order valence-electron chi connectivity index (χ1n) is 6.37. The Labute approximate surface area is 129 Å². The van der Waals surface area contributed by atoms with Crippen LogP contribution in [-0.2, 0) is 0 Å². The Kier molecular flexibility index (Phi) is 3.55. The van der Waals surface area contributed by atoms with Crippen LogP contribution in [0.15, 0.2) is 51.2 Å². The molecule has 2 heterocycles. The van der Waals surface area contributed by atoms with Crippen LogP contribution in [-0.4, -0.2) is 9.38 Å². The van der Waals surface area contributed by atoms with Crippen molar-refractivity contribution in [1.29, 1.82) is 0 Å². The lowest BCUT2D eigenvalue weighted by atomic mass is 10.2. The van der Waals surface area contributed by atoms with Crippen LogP contribution < -0.4 is 0 Å². The van der Waals surface area contributed by atoms with Gasteiger partial charge >= 0.3 is 0 Å². The predicted molar refractivity (Wildman–Crippen MR) is 82.9 cm³/mol. The Morgan fingerprint density at radius 1 is 1.14 bits per heavy atom. The SMILES string of the molecule is Cc1ccc(N=Nc2c(C)nc3ccc(F)cn23)cc1Br.